The van der Waals surface area contributed by atoms with E-state index >= 15 is 0 Å². The van der Waals surface area contributed by atoms with E-state index in [-0.39, 0.29) is 12.2 Å². The van der Waals surface area contributed by atoms with Crippen LogP contribution in [0.3, 0.4) is 0 Å². The van der Waals surface area contributed by atoms with Gasteiger partial charge in [-0.3, -0.25) is 0 Å². The summed E-state index contributed by atoms with van der Waals surface area (Å²) in [6.07, 6.45) is 2.09. The maximum Gasteiger partial charge on any atom is 0.426 e. The van der Waals surface area contributed by atoms with Crippen molar-refractivity contribution in [3.63, 3.8) is 0 Å². The Hall–Kier alpha value is 0.760. The fraction of sp³-hybridized carbons (Fsp3) is 1.00. The summed E-state index contributed by atoms with van der Waals surface area (Å²) in [5.74, 6) is 1.08. The Kier molecular flexibility index (Phi) is 3.33. The molecular formula is C4H7O2PS2. The monoisotopic (exact) mass is 182 g/mol. The predicted octanol–water partition coefficient (Wildman–Crippen LogP) is 1.79. The average Bonchev–Trinajstić information content (AvgIpc) is 2.37. The molecule has 1 saturated heterocycles. The van der Waals surface area contributed by atoms with E-state index in [1.165, 1.54) is 0 Å². The highest BCUT2D eigenvalue weighted by molar-refractivity contribution is 8.44. The fourth-order valence-corrected chi connectivity index (χ4v) is 4.37. The molecule has 0 N–H and O–H groups in total. The van der Waals surface area contributed by atoms with E-state index in [4.69, 9.17) is 0 Å². The standard InChI is InChI=1S/C4H7O2PS2/c5-7-9(6)4-2-1-3-8-4/h4H,1-3H2. The highest BCUT2D eigenvalue weighted by atomic mass is 32.8. The second-order valence-corrected chi connectivity index (χ2v) is 6.20. The lowest BCUT2D eigenvalue weighted by Crippen LogP contribution is -2.06. The maximum absolute atomic E-state index is 10.8. The first-order valence-electron chi connectivity index (χ1n) is 2.70. The first-order chi connectivity index (χ1) is 4.34. The summed E-state index contributed by atoms with van der Waals surface area (Å²) in [7, 11) is -1.33. The lowest BCUT2D eigenvalue weighted by Gasteiger charge is -2.05. The molecule has 2 atom stereocenters. The number of hydrogen-bond acceptors (Lipinski definition) is 3. The van der Waals surface area contributed by atoms with Gasteiger partial charge < -0.3 is 4.55 Å². The Morgan fingerprint density at radius 1 is 1.78 bits per heavy atom. The molecule has 1 fully saturated rings. The van der Waals surface area contributed by atoms with Crippen molar-refractivity contribution in [2.45, 2.75) is 17.4 Å². The molecule has 0 radical (unpaired) electrons. The molecule has 1 rings (SSSR count). The van der Waals surface area contributed by atoms with E-state index in [2.05, 4.69) is 0 Å². The number of thioether (sulfide) groups is 1. The Bertz CT molecular complexity index is 105. The van der Waals surface area contributed by atoms with Crippen molar-refractivity contribution in [3.05, 3.63) is 0 Å². The lowest BCUT2D eigenvalue weighted by atomic mass is 10.4. The van der Waals surface area contributed by atoms with Crippen molar-refractivity contribution >= 4 is 30.2 Å². The van der Waals surface area contributed by atoms with E-state index in [1.807, 2.05) is 0 Å². The van der Waals surface area contributed by atoms with Crippen molar-refractivity contribution in [3.8, 4) is 0 Å². The quantitative estimate of drug-likeness (QED) is 0.483. The Morgan fingerprint density at radius 2 is 2.56 bits per heavy atom. The van der Waals surface area contributed by atoms with Gasteiger partial charge in [0.05, 0.1) is 10.8 Å². The first kappa shape index (κ1) is 7.86. The van der Waals surface area contributed by atoms with E-state index in [9.17, 15) is 9.12 Å². The average molecular weight is 182 g/mol. The van der Waals surface area contributed by atoms with Crippen LogP contribution < -0.4 is 0 Å². The van der Waals surface area contributed by atoms with E-state index in [0.29, 0.717) is 0 Å². The number of rotatable bonds is 2. The molecule has 0 aromatic rings. The highest BCUT2D eigenvalue weighted by Crippen LogP contribution is 2.34. The minimum absolute atomic E-state index is 0.143. The molecule has 0 aromatic heterocycles. The van der Waals surface area contributed by atoms with E-state index in [1.54, 1.807) is 11.8 Å². The third-order valence-electron chi connectivity index (χ3n) is 1.19. The molecule has 2 nitrogen and oxygen atoms in total. The van der Waals surface area contributed by atoms with Gasteiger partial charge in [0.2, 0.25) is 0 Å². The molecule has 2 unspecified atom stereocenters. The van der Waals surface area contributed by atoms with E-state index in [0.717, 1.165) is 18.6 Å². The first-order valence-corrected chi connectivity index (χ1v) is 6.38. The Labute approximate surface area is 62.9 Å². The van der Waals surface area contributed by atoms with Gasteiger partial charge in [-0.05, 0) is 12.2 Å². The molecule has 52 valence electrons. The molecular weight excluding hydrogens is 175 g/mol. The summed E-state index contributed by atoms with van der Waals surface area (Å²) < 4.78 is 21.0. The smallest absolute Gasteiger partial charge is 0.426 e. The lowest BCUT2D eigenvalue weighted by molar-refractivity contribution is 0.586. The molecule has 1 aliphatic heterocycles. The normalized spacial score (nSPS) is 31.0. The maximum atomic E-state index is 10.8. The number of hydrogen-bond donors (Lipinski definition) is 0. The Balaban J connectivity index is 2.32. The van der Waals surface area contributed by atoms with Crippen LogP contribution in [0.15, 0.2) is 0 Å². The summed E-state index contributed by atoms with van der Waals surface area (Å²) in [6, 6.07) is 0. The summed E-state index contributed by atoms with van der Waals surface area (Å²) in [4.78, 5) is 0. The molecule has 1 heterocycles. The van der Waals surface area contributed by atoms with Gasteiger partial charge in [0, 0.05) is 6.42 Å². The van der Waals surface area contributed by atoms with Gasteiger partial charge in [0.15, 0.2) is 4.58 Å². The van der Waals surface area contributed by atoms with Crippen LogP contribution in [-0.4, -0.2) is 14.9 Å². The van der Waals surface area contributed by atoms with Crippen LogP contribution in [0.5, 0.6) is 0 Å². The summed E-state index contributed by atoms with van der Waals surface area (Å²) in [5, 5.41) is 0. The molecule has 0 spiro atoms. The molecule has 0 amide bonds. The summed E-state index contributed by atoms with van der Waals surface area (Å²) in [6.45, 7) is 0. The van der Waals surface area contributed by atoms with Crippen molar-refractivity contribution in [2.75, 3.05) is 5.75 Å². The zero-order valence-electron chi connectivity index (χ0n) is 4.78. The van der Waals surface area contributed by atoms with Crippen LogP contribution in [-0.2, 0) is 15.4 Å². The highest BCUT2D eigenvalue weighted by Gasteiger charge is 2.27. The molecule has 1 aliphatic rings. The second kappa shape index (κ2) is 3.81. The second-order valence-electron chi connectivity index (χ2n) is 1.79. The summed E-state index contributed by atoms with van der Waals surface area (Å²) in [5.41, 5.74) is 0. The zero-order chi connectivity index (χ0) is 6.69. The van der Waals surface area contributed by atoms with Gasteiger partial charge in [-0.2, -0.15) is 0 Å². The minimum atomic E-state index is -1.12. The molecule has 5 heteroatoms. The molecule has 0 saturated carbocycles. The van der Waals surface area contributed by atoms with Crippen LogP contribution in [0.25, 0.3) is 0 Å². The zero-order valence-corrected chi connectivity index (χ0v) is 7.31. The molecule has 9 heavy (non-hydrogen) atoms. The van der Waals surface area contributed by atoms with Crippen LogP contribution >= 0.6 is 19.4 Å². The third kappa shape index (κ3) is 2.11. The van der Waals surface area contributed by atoms with Gasteiger partial charge in [0.25, 0.3) is 0 Å². The van der Waals surface area contributed by atoms with Crippen LogP contribution in [0, 0.1) is 0 Å². The van der Waals surface area contributed by atoms with Gasteiger partial charge in [0.1, 0.15) is 0 Å². The van der Waals surface area contributed by atoms with Gasteiger partial charge >= 0.3 is 7.66 Å². The fourth-order valence-electron chi connectivity index (χ4n) is 0.755. The van der Waals surface area contributed by atoms with Crippen molar-refractivity contribution < 1.29 is 9.12 Å². The van der Waals surface area contributed by atoms with Crippen LogP contribution in [0.4, 0.5) is 0 Å². The Morgan fingerprint density at radius 3 is 3.00 bits per heavy atom. The SMILES string of the molecule is O=P[S+]([O-])C1CCCS1. The minimum Gasteiger partial charge on any atom is -0.606 e. The summed E-state index contributed by atoms with van der Waals surface area (Å²) >= 11 is 1.67. The van der Waals surface area contributed by atoms with Gasteiger partial charge in [-0.1, -0.05) is 0 Å². The molecule has 0 aliphatic carbocycles. The molecule has 0 aromatic carbocycles. The van der Waals surface area contributed by atoms with Crippen molar-refractivity contribution in [1.29, 1.82) is 0 Å². The molecule has 0 bridgehead atoms. The van der Waals surface area contributed by atoms with E-state index < -0.39 is 10.8 Å². The van der Waals surface area contributed by atoms with Crippen LogP contribution in [0.2, 0.25) is 0 Å². The van der Waals surface area contributed by atoms with Crippen molar-refractivity contribution in [1.82, 2.24) is 0 Å². The van der Waals surface area contributed by atoms with Gasteiger partial charge in [-0.15, -0.1) is 11.8 Å². The van der Waals surface area contributed by atoms with Gasteiger partial charge in [-0.25, -0.2) is 4.57 Å². The third-order valence-corrected chi connectivity index (χ3v) is 5.72. The van der Waals surface area contributed by atoms with Crippen molar-refractivity contribution in [2.24, 2.45) is 0 Å². The largest absolute Gasteiger partial charge is 0.606 e. The predicted molar refractivity (Wildman–Crippen MR) is 41.2 cm³/mol. The van der Waals surface area contributed by atoms with Crippen LogP contribution in [0.1, 0.15) is 12.8 Å². The topological polar surface area (TPSA) is 40.1 Å².